The molecule has 1 unspecified atom stereocenters. The lowest BCUT2D eigenvalue weighted by Gasteiger charge is -2.18. The van der Waals surface area contributed by atoms with Gasteiger partial charge in [0.05, 0.1) is 15.8 Å². The molecule has 0 aliphatic carbocycles. The summed E-state index contributed by atoms with van der Waals surface area (Å²) in [5, 5.41) is 4.86. The summed E-state index contributed by atoms with van der Waals surface area (Å²) in [7, 11) is 0. The molecule has 134 valence electrons. The predicted octanol–water partition coefficient (Wildman–Crippen LogP) is 5.79. The van der Waals surface area contributed by atoms with Crippen LogP contribution in [-0.4, -0.2) is 16.1 Å². The summed E-state index contributed by atoms with van der Waals surface area (Å²) in [6.45, 7) is 8.23. The van der Waals surface area contributed by atoms with Crippen molar-refractivity contribution < 1.29 is 4.79 Å². The van der Waals surface area contributed by atoms with E-state index in [0.29, 0.717) is 5.92 Å². The van der Waals surface area contributed by atoms with Gasteiger partial charge in [0, 0.05) is 11.1 Å². The summed E-state index contributed by atoms with van der Waals surface area (Å²) < 4.78 is 0. The minimum atomic E-state index is -0.233. The summed E-state index contributed by atoms with van der Waals surface area (Å²) in [4.78, 5) is 17.4. The van der Waals surface area contributed by atoms with Crippen LogP contribution in [0.2, 0.25) is 0 Å². The molecular formula is C22H24N2OS. The number of anilines is 1. The van der Waals surface area contributed by atoms with Crippen LogP contribution >= 0.6 is 11.8 Å². The molecule has 0 aliphatic heterocycles. The van der Waals surface area contributed by atoms with Gasteiger partial charge in [0.2, 0.25) is 5.91 Å². The van der Waals surface area contributed by atoms with Crippen LogP contribution in [-0.2, 0) is 4.79 Å². The predicted molar refractivity (Wildman–Crippen MR) is 111 cm³/mol. The molecule has 0 aliphatic rings. The summed E-state index contributed by atoms with van der Waals surface area (Å²) in [6.07, 6.45) is 0. The van der Waals surface area contributed by atoms with Gasteiger partial charge in [0.15, 0.2) is 0 Å². The normalized spacial score (nSPS) is 12.3. The van der Waals surface area contributed by atoms with Crippen molar-refractivity contribution in [2.24, 2.45) is 0 Å². The van der Waals surface area contributed by atoms with Crippen molar-refractivity contribution in [1.82, 2.24) is 4.98 Å². The van der Waals surface area contributed by atoms with Crippen LogP contribution in [0.15, 0.2) is 59.6 Å². The zero-order valence-corrected chi connectivity index (χ0v) is 16.4. The Bertz CT molecular complexity index is 936. The van der Waals surface area contributed by atoms with Crippen molar-refractivity contribution in [2.45, 2.75) is 43.9 Å². The van der Waals surface area contributed by atoms with E-state index in [2.05, 4.69) is 30.2 Å². The number of fused-ring (bicyclic) bond motifs is 1. The van der Waals surface area contributed by atoms with Gasteiger partial charge in [0.25, 0.3) is 0 Å². The monoisotopic (exact) mass is 364 g/mol. The lowest BCUT2D eigenvalue weighted by atomic mass is 9.98. The molecule has 1 heterocycles. The number of nitrogens with zero attached hydrogens (tertiary/aromatic N) is 1. The first-order chi connectivity index (χ1) is 12.5. The maximum Gasteiger partial charge on any atom is 0.237 e. The van der Waals surface area contributed by atoms with Gasteiger partial charge in [-0.3, -0.25) is 4.79 Å². The fourth-order valence-electron chi connectivity index (χ4n) is 2.91. The molecule has 4 heteroatoms. The molecule has 0 spiro atoms. The van der Waals surface area contributed by atoms with Crippen molar-refractivity contribution in [1.29, 1.82) is 0 Å². The number of rotatable bonds is 5. The Kier molecular flexibility index (Phi) is 5.62. The van der Waals surface area contributed by atoms with E-state index < -0.39 is 0 Å². The molecule has 0 radical (unpaired) electrons. The van der Waals surface area contributed by atoms with Crippen LogP contribution in [0.4, 0.5) is 5.69 Å². The molecule has 1 atom stereocenters. The number of aromatic nitrogens is 1. The minimum absolute atomic E-state index is 0.00107. The van der Waals surface area contributed by atoms with E-state index in [9.17, 15) is 4.79 Å². The van der Waals surface area contributed by atoms with Gasteiger partial charge in [-0.25, -0.2) is 4.98 Å². The maximum absolute atomic E-state index is 12.7. The van der Waals surface area contributed by atoms with E-state index in [-0.39, 0.29) is 11.2 Å². The fourth-order valence-corrected chi connectivity index (χ4v) is 3.74. The smallest absolute Gasteiger partial charge is 0.237 e. The van der Waals surface area contributed by atoms with E-state index in [1.807, 2.05) is 62.4 Å². The van der Waals surface area contributed by atoms with Crippen LogP contribution in [0.3, 0.4) is 0 Å². The van der Waals surface area contributed by atoms with E-state index in [0.717, 1.165) is 27.2 Å². The van der Waals surface area contributed by atoms with Crippen LogP contribution in [0.25, 0.3) is 10.9 Å². The average molecular weight is 365 g/mol. The lowest BCUT2D eigenvalue weighted by molar-refractivity contribution is -0.115. The standard InChI is InChI=1S/C22H24N2OS/c1-14(2)18-10-7-8-15(3)21(18)24-22(25)16(4)26-20-13-12-17-9-5-6-11-19(17)23-20/h5-14,16H,1-4H3,(H,24,25). The van der Waals surface area contributed by atoms with Gasteiger partial charge in [-0.1, -0.05) is 68.1 Å². The molecule has 0 saturated carbocycles. The van der Waals surface area contributed by atoms with E-state index in [1.54, 1.807) is 0 Å². The molecule has 0 bridgehead atoms. The minimum Gasteiger partial charge on any atom is -0.325 e. The second-order valence-corrected chi connectivity index (χ2v) is 8.15. The number of para-hydroxylation sites is 2. The Hall–Kier alpha value is -2.33. The number of benzene rings is 2. The van der Waals surface area contributed by atoms with Gasteiger partial charge < -0.3 is 5.32 Å². The molecule has 26 heavy (non-hydrogen) atoms. The van der Waals surface area contributed by atoms with Gasteiger partial charge in [-0.15, -0.1) is 0 Å². The second-order valence-electron chi connectivity index (χ2n) is 6.79. The third-order valence-electron chi connectivity index (χ3n) is 4.41. The van der Waals surface area contributed by atoms with Crippen LogP contribution < -0.4 is 5.32 Å². The zero-order valence-electron chi connectivity index (χ0n) is 15.6. The molecular weight excluding hydrogens is 340 g/mol. The van der Waals surface area contributed by atoms with Crippen LogP contribution in [0.1, 0.15) is 37.8 Å². The first-order valence-electron chi connectivity index (χ1n) is 8.88. The number of carbonyl (C=O) groups excluding carboxylic acids is 1. The second kappa shape index (κ2) is 7.92. The lowest BCUT2D eigenvalue weighted by Crippen LogP contribution is -2.24. The van der Waals surface area contributed by atoms with Crippen molar-refractivity contribution in [3.8, 4) is 0 Å². The first kappa shape index (κ1) is 18.5. The van der Waals surface area contributed by atoms with Crippen molar-refractivity contribution >= 4 is 34.3 Å². The highest BCUT2D eigenvalue weighted by molar-refractivity contribution is 8.00. The number of hydrogen-bond donors (Lipinski definition) is 1. The number of thioether (sulfide) groups is 1. The maximum atomic E-state index is 12.7. The van der Waals surface area contributed by atoms with Gasteiger partial charge in [0.1, 0.15) is 0 Å². The molecule has 2 aromatic carbocycles. The summed E-state index contributed by atoms with van der Waals surface area (Å²) in [5.74, 6) is 0.358. The summed E-state index contributed by atoms with van der Waals surface area (Å²) in [6, 6.07) is 18.2. The number of aryl methyl sites for hydroxylation is 1. The van der Waals surface area contributed by atoms with E-state index in [1.165, 1.54) is 17.3 Å². The number of pyridine rings is 1. The Labute approximate surface area is 159 Å². The molecule has 3 nitrogen and oxygen atoms in total. The quantitative estimate of drug-likeness (QED) is 0.583. The topological polar surface area (TPSA) is 42.0 Å². The number of nitrogens with one attached hydrogen (secondary N) is 1. The third-order valence-corrected chi connectivity index (χ3v) is 5.45. The highest BCUT2D eigenvalue weighted by Crippen LogP contribution is 2.29. The Morgan fingerprint density at radius 2 is 1.77 bits per heavy atom. The zero-order chi connectivity index (χ0) is 18.7. The highest BCUT2D eigenvalue weighted by Gasteiger charge is 2.18. The van der Waals surface area contributed by atoms with Gasteiger partial charge in [-0.2, -0.15) is 0 Å². The molecule has 3 rings (SSSR count). The molecule has 0 saturated heterocycles. The molecule has 1 aromatic heterocycles. The van der Waals surface area contributed by atoms with Crippen LogP contribution in [0.5, 0.6) is 0 Å². The van der Waals surface area contributed by atoms with Crippen molar-refractivity contribution in [2.75, 3.05) is 5.32 Å². The first-order valence-corrected chi connectivity index (χ1v) is 9.76. The molecule has 3 aromatic rings. The van der Waals surface area contributed by atoms with Gasteiger partial charge in [-0.05, 0) is 43.0 Å². The Balaban J connectivity index is 1.76. The third kappa shape index (κ3) is 4.07. The highest BCUT2D eigenvalue weighted by atomic mass is 32.2. The number of hydrogen-bond acceptors (Lipinski definition) is 3. The molecule has 0 fully saturated rings. The SMILES string of the molecule is Cc1cccc(C(C)C)c1NC(=O)C(C)Sc1ccc2ccccc2n1. The fraction of sp³-hybridized carbons (Fsp3) is 0.273. The van der Waals surface area contributed by atoms with E-state index in [4.69, 9.17) is 0 Å². The van der Waals surface area contributed by atoms with Crippen molar-refractivity contribution in [3.63, 3.8) is 0 Å². The molecule has 1 amide bonds. The van der Waals surface area contributed by atoms with Crippen LogP contribution in [0, 0.1) is 6.92 Å². The van der Waals surface area contributed by atoms with Crippen molar-refractivity contribution in [3.05, 3.63) is 65.7 Å². The van der Waals surface area contributed by atoms with Gasteiger partial charge >= 0.3 is 0 Å². The Morgan fingerprint density at radius 1 is 1.00 bits per heavy atom. The average Bonchev–Trinajstić information content (AvgIpc) is 2.63. The largest absolute Gasteiger partial charge is 0.325 e. The summed E-state index contributed by atoms with van der Waals surface area (Å²) >= 11 is 1.48. The number of amides is 1. The molecule has 1 N–H and O–H groups in total. The Morgan fingerprint density at radius 3 is 2.54 bits per heavy atom. The van der Waals surface area contributed by atoms with E-state index >= 15 is 0 Å². The number of carbonyl (C=O) groups is 1. The summed E-state index contributed by atoms with van der Waals surface area (Å²) in [5.41, 5.74) is 4.14.